The number of thioether (sulfide) groups is 1. The SMILES string of the molecule is CC(=C/c1ccccc1)/C=C1/SC(=O)N(CCCC(=O)[O-])C1=O. The van der Waals surface area contributed by atoms with Crippen molar-refractivity contribution in [2.75, 3.05) is 6.54 Å². The van der Waals surface area contributed by atoms with Gasteiger partial charge in [0.05, 0.1) is 4.91 Å². The van der Waals surface area contributed by atoms with E-state index in [-0.39, 0.29) is 30.5 Å². The minimum absolute atomic E-state index is 0.0947. The zero-order valence-electron chi connectivity index (χ0n) is 12.7. The molecule has 1 heterocycles. The summed E-state index contributed by atoms with van der Waals surface area (Å²) in [6, 6.07) is 9.66. The molecule has 1 aliphatic rings. The molecule has 0 N–H and O–H groups in total. The summed E-state index contributed by atoms with van der Waals surface area (Å²) >= 11 is 0.874. The van der Waals surface area contributed by atoms with Crippen LogP contribution in [0.5, 0.6) is 0 Å². The fourth-order valence-corrected chi connectivity index (χ4v) is 3.05. The first kappa shape index (κ1) is 17.0. The Hall–Kier alpha value is -2.34. The highest BCUT2D eigenvalue weighted by Crippen LogP contribution is 2.31. The molecule has 1 saturated heterocycles. The van der Waals surface area contributed by atoms with Gasteiger partial charge in [0.15, 0.2) is 0 Å². The van der Waals surface area contributed by atoms with E-state index in [9.17, 15) is 19.5 Å². The number of nitrogens with zero attached hydrogens (tertiary/aromatic N) is 1. The van der Waals surface area contributed by atoms with Crippen LogP contribution in [-0.2, 0) is 9.59 Å². The number of aliphatic carboxylic acids is 1. The van der Waals surface area contributed by atoms with Crippen molar-refractivity contribution in [3.05, 3.63) is 52.4 Å². The van der Waals surface area contributed by atoms with E-state index in [2.05, 4.69) is 0 Å². The molecule has 0 radical (unpaired) electrons. The minimum atomic E-state index is -1.19. The molecule has 0 aromatic heterocycles. The second-order valence-electron chi connectivity index (χ2n) is 5.11. The second kappa shape index (κ2) is 7.78. The Morgan fingerprint density at radius 2 is 1.96 bits per heavy atom. The van der Waals surface area contributed by atoms with Crippen LogP contribution in [0.4, 0.5) is 4.79 Å². The lowest BCUT2D eigenvalue weighted by Crippen LogP contribution is -2.31. The molecule has 0 unspecified atom stereocenters. The molecule has 6 heteroatoms. The summed E-state index contributed by atoms with van der Waals surface area (Å²) in [6.45, 7) is 1.95. The van der Waals surface area contributed by atoms with Gasteiger partial charge in [0.2, 0.25) is 0 Å². The van der Waals surface area contributed by atoms with Gasteiger partial charge in [-0.3, -0.25) is 14.5 Å². The average Bonchev–Trinajstić information content (AvgIpc) is 2.75. The van der Waals surface area contributed by atoms with E-state index in [0.717, 1.165) is 27.8 Å². The standard InChI is InChI=1S/C17H17NO4S/c1-12(10-13-6-3-2-4-7-13)11-14-16(21)18(17(22)23-14)9-5-8-15(19)20/h2-4,6-7,10-11H,5,8-9H2,1H3,(H,19,20)/p-1/b12-10-,14-11+. The third kappa shape index (κ3) is 4.82. The molecule has 23 heavy (non-hydrogen) atoms. The summed E-state index contributed by atoms with van der Waals surface area (Å²) in [5, 5.41) is 10.0. The molecular formula is C17H16NO4S-. The van der Waals surface area contributed by atoms with Crippen LogP contribution in [-0.4, -0.2) is 28.6 Å². The number of hydrogen-bond donors (Lipinski definition) is 0. The van der Waals surface area contributed by atoms with E-state index in [0.29, 0.717) is 4.91 Å². The third-order valence-electron chi connectivity index (χ3n) is 3.19. The molecule has 1 aromatic rings. The van der Waals surface area contributed by atoms with E-state index in [1.165, 1.54) is 0 Å². The lowest BCUT2D eigenvalue weighted by molar-refractivity contribution is -0.305. The highest BCUT2D eigenvalue weighted by Gasteiger charge is 2.34. The average molecular weight is 330 g/mol. The third-order valence-corrected chi connectivity index (χ3v) is 4.10. The molecule has 0 atom stereocenters. The van der Waals surface area contributed by atoms with Gasteiger partial charge >= 0.3 is 0 Å². The highest BCUT2D eigenvalue weighted by molar-refractivity contribution is 8.18. The Morgan fingerprint density at radius 1 is 1.26 bits per heavy atom. The number of rotatable bonds is 6. The molecule has 1 aliphatic heterocycles. The van der Waals surface area contributed by atoms with E-state index in [1.807, 2.05) is 43.3 Å². The van der Waals surface area contributed by atoms with E-state index < -0.39 is 5.97 Å². The molecule has 1 fully saturated rings. The lowest BCUT2D eigenvalue weighted by Gasteiger charge is -2.12. The number of carboxylic acid groups (broad SMARTS) is 1. The molecule has 1 aromatic carbocycles. The van der Waals surface area contributed by atoms with Gasteiger partial charge in [0.25, 0.3) is 11.1 Å². The molecule has 5 nitrogen and oxygen atoms in total. The molecule has 0 spiro atoms. The quantitative estimate of drug-likeness (QED) is 0.747. The van der Waals surface area contributed by atoms with Crippen molar-refractivity contribution >= 4 is 35.0 Å². The van der Waals surface area contributed by atoms with Crippen LogP contribution < -0.4 is 5.11 Å². The minimum Gasteiger partial charge on any atom is -0.550 e. The molecule has 0 aliphatic carbocycles. The Bertz CT molecular complexity index is 679. The molecule has 120 valence electrons. The van der Waals surface area contributed by atoms with Crippen LogP contribution in [0.25, 0.3) is 6.08 Å². The van der Waals surface area contributed by atoms with Gasteiger partial charge in [0.1, 0.15) is 0 Å². The van der Waals surface area contributed by atoms with Crippen molar-refractivity contribution in [2.24, 2.45) is 0 Å². The smallest absolute Gasteiger partial charge is 0.293 e. The fourth-order valence-electron chi connectivity index (χ4n) is 2.13. The van der Waals surface area contributed by atoms with Crippen molar-refractivity contribution in [2.45, 2.75) is 19.8 Å². The van der Waals surface area contributed by atoms with Crippen LogP contribution >= 0.6 is 11.8 Å². The Balaban J connectivity index is 2.06. The maximum absolute atomic E-state index is 12.2. The molecule has 0 bridgehead atoms. The topological polar surface area (TPSA) is 77.5 Å². The first-order valence-corrected chi connectivity index (χ1v) is 7.97. The number of hydrogen-bond acceptors (Lipinski definition) is 5. The van der Waals surface area contributed by atoms with Crippen molar-refractivity contribution in [3.8, 4) is 0 Å². The Kier molecular flexibility index (Phi) is 5.76. The van der Waals surface area contributed by atoms with Crippen molar-refractivity contribution in [1.29, 1.82) is 0 Å². The normalized spacial score (nSPS) is 17.2. The summed E-state index contributed by atoms with van der Waals surface area (Å²) in [5.74, 6) is -1.56. The first-order valence-electron chi connectivity index (χ1n) is 7.16. The van der Waals surface area contributed by atoms with Gasteiger partial charge in [-0.15, -0.1) is 0 Å². The predicted octanol–water partition coefficient (Wildman–Crippen LogP) is 2.20. The van der Waals surface area contributed by atoms with Crippen LogP contribution in [0.15, 0.2) is 46.9 Å². The zero-order valence-corrected chi connectivity index (χ0v) is 13.5. The van der Waals surface area contributed by atoms with Crippen LogP contribution in [0.2, 0.25) is 0 Å². The largest absolute Gasteiger partial charge is 0.550 e. The molecule has 2 amide bonds. The number of carboxylic acids is 1. The summed E-state index contributed by atoms with van der Waals surface area (Å²) in [4.78, 5) is 35.9. The van der Waals surface area contributed by atoms with Crippen LogP contribution in [0, 0.1) is 0 Å². The highest BCUT2D eigenvalue weighted by atomic mass is 32.2. The monoisotopic (exact) mass is 330 g/mol. The van der Waals surface area contributed by atoms with E-state index in [1.54, 1.807) is 6.08 Å². The maximum atomic E-state index is 12.2. The van der Waals surface area contributed by atoms with Crippen LogP contribution in [0.1, 0.15) is 25.3 Å². The number of benzene rings is 1. The summed E-state index contributed by atoms with van der Waals surface area (Å²) in [7, 11) is 0. The molecular weight excluding hydrogens is 314 g/mol. The van der Waals surface area contributed by atoms with Gasteiger partial charge in [0, 0.05) is 12.5 Å². The van der Waals surface area contributed by atoms with Crippen molar-refractivity contribution in [1.82, 2.24) is 4.90 Å². The van der Waals surface area contributed by atoms with E-state index in [4.69, 9.17) is 0 Å². The molecule has 0 saturated carbocycles. The Morgan fingerprint density at radius 3 is 2.61 bits per heavy atom. The van der Waals surface area contributed by atoms with Gasteiger partial charge in [-0.1, -0.05) is 36.4 Å². The summed E-state index contributed by atoms with van der Waals surface area (Å²) in [5.41, 5.74) is 1.87. The zero-order chi connectivity index (χ0) is 16.8. The number of allylic oxidation sites excluding steroid dienone is 2. The Labute approximate surface area is 138 Å². The van der Waals surface area contributed by atoms with Gasteiger partial charge in [-0.25, -0.2) is 0 Å². The first-order chi connectivity index (χ1) is 11.0. The van der Waals surface area contributed by atoms with Crippen LogP contribution in [0.3, 0.4) is 0 Å². The summed E-state index contributed by atoms with van der Waals surface area (Å²) < 4.78 is 0. The van der Waals surface area contributed by atoms with Gasteiger partial charge < -0.3 is 9.90 Å². The maximum Gasteiger partial charge on any atom is 0.293 e. The summed E-state index contributed by atoms with van der Waals surface area (Å²) in [6.07, 6.45) is 3.63. The van der Waals surface area contributed by atoms with Crippen molar-refractivity contribution in [3.63, 3.8) is 0 Å². The number of carbonyl (C=O) groups is 3. The lowest BCUT2D eigenvalue weighted by atomic mass is 10.1. The van der Waals surface area contributed by atoms with Gasteiger partial charge in [-0.2, -0.15) is 0 Å². The second-order valence-corrected chi connectivity index (χ2v) is 6.10. The van der Waals surface area contributed by atoms with Gasteiger partial charge in [-0.05, 0) is 48.7 Å². The number of amides is 2. The predicted molar refractivity (Wildman–Crippen MR) is 87.1 cm³/mol. The van der Waals surface area contributed by atoms with Crippen molar-refractivity contribution < 1.29 is 19.5 Å². The van der Waals surface area contributed by atoms with E-state index >= 15 is 0 Å². The number of carbonyl (C=O) groups excluding carboxylic acids is 3. The molecule has 2 rings (SSSR count). The fraction of sp³-hybridized carbons (Fsp3) is 0.235. The number of imide groups is 1.